The molecule has 3 aromatic carbocycles. The average molecular weight is 466 g/mol. The van der Waals surface area contributed by atoms with Crippen LogP contribution >= 0.6 is 0 Å². The van der Waals surface area contributed by atoms with Gasteiger partial charge in [0.05, 0.1) is 12.0 Å². The second-order valence-corrected chi connectivity index (χ2v) is 8.45. The maximum atomic E-state index is 13.9. The molecule has 0 bridgehead atoms. The molecule has 7 nitrogen and oxygen atoms in total. The van der Waals surface area contributed by atoms with Gasteiger partial charge in [-0.2, -0.15) is 0 Å². The first-order chi connectivity index (χ1) is 16.9. The summed E-state index contributed by atoms with van der Waals surface area (Å²) >= 11 is 0. The van der Waals surface area contributed by atoms with Crippen molar-refractivity contribution in [2.45, 2.75) is 18.9 Å². The van der Waals surface area contributed by atoms with Gasteiger partial charge in [0.1, 0.15) is 17.3 Å². The molecule has 2 heterocycles. The topological polar surface area (TPSA) is 103 Å². The highest BCUT2D eigenvalue weighted by Crippen LogP contribution is 2.45. The first kappa shape index (κ1) is 22.2. The first-order valence-electron chi connectivity index (χ1n) is 11.2. The molecule has 4 aromatic rings. The van der Waals surface area contributed by atoms with Gasteiger partial charge in [-0.15, -0.1) is 0 Å². The fourth-order valence-electron chi connectivity index (χ4n) is 4.54. The summed E-state index contributed by atoms with van der Waals surface area (Å²) in [6.07, 6.45) is 0. The standard InChI is InChI=1S/C28H23N3O4/c1-17-5-4-8-24(29-17)30-27(34)25-22-6-2-3-7-23(22)28(35)31(19-11-15-21(33)16-12-19)26(25)18-9-13-20(32)14-10-18/h2-16,25-26,32-33H,1H3,(H,29,30,34). The van der Waals surface area contributed by atoms with Gasteiger partial charge in [0.25, 0.3) is 5.91 Å². The Hall–Kier alpha value is -4.65. The minimum Gasteiger partial charge on any atom is -0.508 e. The average Bonchev–Trinajstić information content (AvgIpc) is 2.85. The van der Waals surface area contributed by atoms with Crippen LogP contribution in [0.1, 0.15) is 39.1 Å². The highest BCUT2D eigenvalue weighted by molar-refractivity contribution is 6.12. The van der Waals surface area contributed by atoms with Crippen LogP contribution in [0.25, 0.3) is 0 Å². The zero-order valence-corrected chi connectivity index (χ0v) is 18.9. The van der Waals surface area contributed by atoms with E-state index in [1.165, 1.54) is 24.3 Å². The summed E-state index contributed by atoms with van der Waals surface area (Å²) in [5.41, 5.74) is 3.01. The van der Waals surface area contributed by atoms with Gasteiger partial charge in [0.15, 0.2) is 0 Å². The quantitative estimate of drug-likeness (QED) is 0.397. The number of rotatable bonds is 4. The Morgan fingerprint density at radius 3 is 2.20 bits per heavy atom. The summed E-state index contributed by atoms with van der Waals surface area (Å²) in [5, 5.41) is 22.6. The zero-order valence-electron chi connectivity index (χ0n) is 18.9. The summed E-state index contributed by atoms with van der Waals surface area (Å²) in [6.45, 7) is 1.84. The number of aromatic hydroxyl groups is 2. The number of amides is 2. The number of carbonyl (C=O) groups is 2. The lowest BCUT2D eigenvalue weighted by Crippen LogP contribution is -2.46. The maximum absolute atomic E-state index is 13.9. The van der Waals surface area contributed by atoms with Crippen molar-refractivity contribution < 1.29 is 19.8 Å². The number of aromatic nitrogens is 1. The highest BCUT2D eigenvalue weighted by Gasteiger charge is 2.45. The van der Waals surface area contributed by atoms with Crippen molar-refractivity contribution in [2.24, 2.45) is 0 Å². The molecule has 2 unspecified atom stereocenters. The van der Waals surface area contributed by atoms with E-state index in [1.54, 1.807) is 59.5 Å². The second-order valence-electron chi connectivity index (χ2n) is 8.45. The Kier molecular flexibility index (Phi) is 5.66. The third-order valence-corrected chi connectivity index (χ3v) is 6.12. The van der Waals surface area contributed by atoms with Gasteiger partial charge in [-0.3, -0.25) is 14.5 Å². The summed E-state index contributed by atoms with van der Waals surface area (Å²) in [5.74, 6) is -0.779. The van der Waals surface area contributed by atoms with E-state index in [-0.39, 0.29) is 23.3 Å². The minimum atomic E-state index is -0.774. The van der Waals surface area contributed by atoms with Crippen LogP contribution in [0.4, 0.5) is 11.5 Å². The largest absolute Gasteiger partial charge is 0.508 e. The van der Waals surface area contributed by atoms with Crippen LogP contribution < -0.4 is 10.2 Å². The van der Waals surface area contributed by atoms with Crippen LogP contribution in [0.15, 0.2) is 91.0 Å². The summed E-state index contributed by atoms with van der Waals surface area (Å²) in [4.78, 5) is 33.6. The maximum Gasteiger partial charge on any atom is 0.259 e. The van der Waals surface area contributed by atoms with Gasteiger partial charge < -0.3 is 15.5 Å². The van der Waals surface area contributed by atoms with Gasteiger partial charge in [-0.1, -0.05) is 36.4 Å². The number of hydrogen-bond acceptors (Lipinski definition) is 5. The molecule has 1 aliphatic heterocycles. The Labute approximate surface area is 202 Å². The van der Waals surface area contributed by atoms with E-state index in [0.717, 1.165) is 5.69 Å². The summed E-state index contributed by atoms with van der Waals surface area (Å²) in [7, 11) is 0. The van der Waals surface area contributed by atoms with Crippen LogP contribution in [-0.2, 0) is 4.79 Å². The summed E-state index contributed by atoms with van der Waals surface area (Å²) in [6, 6.07) is 24.5. The van der Waals surface area contributed by atoms with Gasteiger partial charge in [-0.25, -0.2) is 4.98 Å². The van der Waals surface area contributed by atoms with Gasteiger partial charge in [0.2, 0.25) is 5.91 Å². The number of phenols is 2. The highest BCUT2D eigenvalue weighted by atomic mass is 16.3. The lowest BCUT2D eigenvalue weighted by Gasteiger charge is -2.41. The van der Waals surface area contributed by atoms with E-state index < -0.39 is 12.0 Å². The Bertz CT molecular complexity index is 1400. The molecule has 0 aliphatic carbocycles. The lowest BCUT2D eigenvalue weighted by molar-refractivity contribution is -0.118. The number of nitrogens with one attached hydrogen (secondary N) is 1. The molecule has 7 heteroatoms. The molecule has 1 aromatic heterocycles. The van der Waals surface area contributed by atoms with E-state index in [9.17, 15) is 19.8 Å². The van der Waals surface area contributed by atoms with Gasteiger partial charge >= 0.3 is 0 Å². The molecule has 35 heavy (non-hydrogen) atoms. The number of anilines is 2. The van der Waals surface area contributed by atoms with Crippen LogP contribution in [0.3, 0.4) is 0 Å². The Morgan fingerprint density at radius 2 is 1.51 bits per heavy atom. The number of hydrogen-bond donors (Lipinski definition) is 3. The van der Waals surface area contributed by atoms with Crippen molar-refractivity contribution >= 4 is 23.3 Å². The molecular formula is C28H23N3O4. The monoisotopic (exact) mass is 465 g/mol. The van der Waals surface area contributed by atoms with Crippen molar-refractivity contribution in [3.8, 4) is 11.5 Å². The number of phenolic OH excluding ortho intramolecular Hbond substituents is 2. The minimum absolute atomic E-state index is 0.0691. The second kappa shape index (κ2) is 8.95. The SMILES string of the molecule is Cc1cccc(NC(=O)C2c3ccccc3C(=O)N(c3ccc(O)cc3)C2c2ccc(O)cc2)n1. The fraction of sp³-hybridized carbons (Fsp3) is 0.107. The lowest BCUT2D eigenvalue weighted by atomic mass is 9.78. The molecule has 0 spiro atoms. The summed E-state index contributed by atoms with van der Waals surface area (Å²) < 4.78 is 0. The van der Waals surface area contributed by atoms with E-state index in [0.29, 0.717) is 28.2 Å². The third kappa shape index (κ3) is 4.19. The Morgan fingerprint density at radius 1 is 0.857 bits per heavy atom. The molecule has 0 saturated carbocycles. The van der Waals surface area contributed by atoms with Crippen LogP contribution in [-0.4, -0.2) is 27.0 Å². The van der Waals surface area contributed by atoms with E-state index >= 15 is 0 Å². The number of aryl methyl sites for hydroxylation is 1. The van der Waals surface area contributed by atoms with Gasteiger partial charge in [-0.05, 0) is 72.6 Å². The molecular weight excluding hydrogens is 442 g/mol. The van der Waals surface area contributed by atoms with E-state index in [4.69, 9.17) is 0 Å². The smallest absolute Gasteiger partial charge is 0.259 e. The van der Waals surface area contributed by atoms with Crippen molar-refractivity contribution in [2.75, 3.05) is 10.2 Å². The molecule has 0 fully saturated rings. The van der Waals surface area contributed by atoms with Crippen molar-refractivity contribution in [1.29, 1.82) is 0 Å². The van der Waals surface area contributed by atoms with E-state index in [2.05, 4.69) is 10.3 Å². The van der Waals surface area contributed by atoms with Crippen LogP contribution in [0.5, 0.6) is 11.5 Å². The molecule has 174 valence electrons. The van der Waals surface area contributed by atoms with Crippen molar-refractivity contribution in [1.82, 2.24) is 4.98 Å². The van der Waals surface area contributed by atoms with Crippen molar-refractivity contribution in [3.63, 3.8) is 0 Å². The van der Waals surface area contributed by atoms with Crippen molar-refractivity contribution in [3.05, 3.63) is 113 Å². The first-order valence-corrected chi connectivity index (χ1v) is 11.2. The molecule has 2 amide bonds. The molecule has 0 saturated heterocycles. The molecule has 2 atom stereocenters. The van der Waals surface area contributed by atoms with E-state index in [1.807, 2.05) is 19.1 Å². The molecule has 0 radical (unpaired) electrons. The number of carbonyl (C=O) groups excluding carboxylic acids is 2. The number of benzene rings is 3. The Balaban J connectivity index is 1.69. The van der Waals surface area contributed by atoms with Gasteiger partial charge in [0, 0.05) is 16.9 Å². The third-order valence-electron chi connectivity index (χ3n) is 6.12. The number of nitrogens with zero attached hydrogens (tertiary/aromatic N) is 2. The normalized spacial score (nSPS) is 17.1. The predicted molar refractivity (Wildman–Crippen MR) is 133 cm³/mol. The predicted octanol–water partition coefficient (Wildman–Crippen LogP) is 4.93. The van der Waals surface area contributed by atoms with Crippen LogP contribution in [0.2, 0.25) is 0 Å². The fourth-order valence-corrected chi connectivity index (χ4v) is 4.54. The molecule has 3 N–H and O–H groups in total. The molecule has 5 rings (SSSR count). The molecule has 1 aliphatic rings. The zero-order chi connectivity index (χ0) is 24.5. The number of pyridine rings is 1. The van der Waals surface area contributed by atoms with Crippen LogP contribution in [0, 0.1) is 6.92 Å². The number of fused-ring (bicyclic) bond motifs is 1.